The molecule has 196 valence electrons. The number of benzene rings is 3. The van der Waals surface area contributed by atoms with Crippen molar-refractivity contribution in [1.29, 1.82) is 0 Å². The molecule has 0 aliphatic rings. The summed E-state index contributed by atoms with van der Waals surface area (Å²) in [5.74, 6) is -0.828. The Labute approximate surface area is 224 Å². The van der Waals surface area contributed by atoms with Gasteiger partial charge in [0.1, 0.15) is 12.6 Å². The van der Waals surface area contributed by atoms with Gasteiger partial charge in [0.25, 0.3) is 10.0 Å². The van der Waals surface area contributed by atoms with Crippen LogP contribution in [0.1, 0.15) is 30.0 Å². The van der Waals surface area contributed by atoms with E-state index in [-0.39, 0.29) is 23.0 Å². The molecule has 0 aliphatic heterocycles. The van der Waals surface area contributed by atoms with Gasteiger partial charge in [0, 0.05) is 18.6 Å². The Morgan fingerprint density at radius 2 is 1.54 bits per heavy atom. The van der Waals surface area contributed by atoms with Gasteiger partial charge in [-0.25, -0.2) is 8.42 Å². The van der Waals surface area contributed by atoms with Crippen molar-refractivity contribution < 1.29 is 18.0 Å². The standard InChI is InChI=1S/C28H32ClN3O4S/c1-5-26(28(34)30-4)31(18-22-13-9-20(2)10-14-22)27(33)19-32(24-8-6-7-23(29)17-24)37(35,36)25-15-11-21(3)12-16-25/h6-17,26H,5,18-19H2,1-4H3,(H,30,34)/t26-/m1/s1. The Morgan fingerprint density at radius 1 is 0.946 bits per heavy atom. The first-order valence-electron chi connectivity index (χ1n) is 12.0. The molecule has 1 N–H and O–H groups in total. The van der Waals surface area contributed by atoms with Crippen LogP contribution in [0.15, 0.2) is 77.7 Å². The fraction of sp³-hybridized carbons (Fsp3) is 0.286. The molecular formula is C28H32ClN3O4S. The second kappa shape index (κ2) is 12.3. The highest BCUT2D eigenvalue weighted by Gasteiger charge is 2.33. The molecule has 3 rings (SSSR count). The lowest BCUT2D eigenvalue weighted by atomic mass is 10.1. The van der Waals surface area contributed by atoms with Crippen molar-refractivity contribution in [3.05, 3.63) is 94.5 Å². The summed E-state index contributed by atoms with van der Waals surface area (Å²) in [6.45, 7) is 5.29. The van der Waals surface area contributed by atoms with E-state index in [9.17, 15) is 18.0 Å². The van der Waals surface area contributed by atoms with E-state index in [1.54, 1.807) is 30.3 Å². The van der Waals surface area contributed by atoms with Crippen LogP contribution in [-0.2, 0) is 26.2 Å². The van der Waals surface area contributed by atoms with E-state index in [2.05, 4.69) is 5.32 Å². The third-order valence-electron chi connectivity index (χ3n) is 6.09. The number of anilines is 1. The molecule has 0 heterocycles. The van der Waals surface area contributed by atoms with Gasteiger partial charge < -0.3 is 10.2 Å². The number of halogens is 1. The SMILES string of the molecule is CC[C@H](C(=O)NC)N(Cc1ccc(C)cc1)C(=O)CN(c1cccc(Cl)c1)S(=O)(=O)c1ccc(C)cc1. The number of hydrogen-bond donors (Lipinski definition) is 1. The van der Waals surface area contributed by atoms with Crippen LogP contribution < -0.4 is 9.62 Å². The van der Waals surface area contributed by atoms with E-state index in [1.165, 1.54) is 30.1 Å². The molecular weight excluding hydrogens is 510 g/mol. The predicted octanol–water partition coefficient (Wildman–Crippen LogP) is 4.71. The van der Waals surface area contributed by atoms with Gasteiger partial charge in [-0.05, 0) is 56.2 Å². The second-order valence-corrected chi connectivity index (χ2v) is 11.1. The summed E-state index contributed by atoms with van der Waals surface area (Å²) < 4.78 is 28.6. The number of amides is 2. The molecule has 2 amide bonds. The van der Waals surface area contributed by atoms with Gasteiger partial charge in [-0.15, -0.1) is 0 Å². The maximum absolute atomic E-state index is 13.8. The second-order valence-electron chi connectivity index (χ2n) is 8.85. The first-order chi connectivity index (χ1) is 17.6. The minimum atomic E-state index is -4.13. The maximum atomic E-state index is 13.8. The molecule has 0 aromatic heterocycles. The van der Waals surface area contributed by atoms with Crippen molar-refractivity contribution in [2.45, 2.75) is 44.7 Å². The largest absolute Gasteiger partial charge is 0.357 e. The highest BCUT2D eigenvalue weighted by atomic mass is 35.5. The van der Waals surface area contributed by atoms with Gasteiger partial charge in [0.2, 0.25) is 11.8 Å². The normalized spacial score (nSPS) is 12.0. The van der Waals surface area contributed by atoms with Crippen molar-refractivity contribution in [3.8, 4) is 0 Å². The topological polar surface area (TPSA) is 86.8 Å². The zero-order valence-electron chi connectivity index (χ0n) is 21.4. The lowest BCUT2D eigenvalue weighted by Crippen LogP contribution is -2.51. The highest BCUT2D eigenvalue weighted by Crippen LogP contribution is 2.27. The molecule has 3 aromatic carbocycles. The molecule has 0 unspecified atom stereocenters. The van der Waals surface area contributed by atoms with Crippen LogP contribution in [0.3, 0.4) is 0 Å². The van der Waals surface area contributed by atoms with Crippen LogP contribution in [0, 0.1) is 13.8 Å². The van der Waals surface area contributed by atoms with Crippen molar-refractivity contribution >= 4 is 39.1 Å². The minimum absolute atomic E-state index is 0.0503. The average molecular weight is 542 g/mol. The summed E-state index contributed by atoms with van der Waals surface area (Å²) in [5.41, 5.74) is 3.06. The summed E-state index contributed by atoms with van der Waals surface area (Å²) in [6, 6.07) is 19.6. The summed E-state index contributed by atoms with van der Waals surface area (Å²) in [7, 11) is -2.61. The number of hydrogen-bond acceptors (Lipinski definition) is 4. The van der Waals surface area contributed by atoms with Gasteiger partial charge in [-0.2, -0.15) is 0 Å². The minimum Gasteiger partial charge on any atom is -0.357 e. The van der Waals surface area contributed by atoms with Crippen LogP contribution in [0.5, 0.6) is 0 Å². The van der Waals surface area contributed by atoms with Gasteiger partial charge in [0.05, 0.1) is 10.6 Å². The van der Waals surface area contributed by atoms with Gasteiger partial charge in [0.15, 0.2) is 0 Å². The Morgan fingerprint density at radius 3 is 2.08 bits per heavy atom. The molecule has 0 aliphatic carbocycles. The molecule has 0 radical (unpaired) electrons. The van der Waals surface area contributed by atoms with Gasteiger partial charge in [-0.1, -0.05) is 72.1 Å². The zero-order chi connectivity index (χ0) is 27.2. The van der Waals surface area contributed by atoms with E-state index in [0.29, 0.717) is 11.4 Å². The Balaban J connectivity index is 2.05. The molecule has 37 heavy (non-hydrogen) atoms. The number of aryl methyl sites for hydroxylation is 2. The van der Waals surface area contributed by atoms with Crippen LogP contribution in [-0.4, -0.2) is 44.8 Å². The molecule has 0 bridgehead atoms. The summed E-state index contributed by atoms with van der Waals surface area (Å²) in [4.78, 5) is 28.1. The molecule has 9 heteroatoms. The smallest absolute Gasteiger partial charge is 0.264 e. The number of rotatable bonds is 10. The first-order valence-corrected chi connectivity index (χ1v) is 13.8. The molecule has 7 nitrogen and oxygen atoms in total. The third-order valence-corrected chi connectivity index (χ3v) is 8.11. The van der Waals surface area contributed by atoms with Gasteiger partial charge in [-0.3, -0.25) is 13.9 Å². The van der Waals surface area contributed by atoms with Crippen LogP contribution >= 0.6 is 11.6 Å². The average Bonchev–Trinajstić information content (AvgIpc) is 2.88. The number of nitrogens with one attached hydrogen (secondary N) is 1. The summed E-state index contributed by atoms with van der Waals surface area (Å²) in [6.07, 6.45) is 0.360. The Kier molecular flexibility index (Phi) is 9.34. The fourth-order valence-electron chi connectivity index (χ4n) is 3.97. The van der Waals surface area contributed by atoms with Crippen molar-refractivity contribution in [1.82, 2.24) is 10.2 Å². The van der Waals surface area contributed by atoms with Crippen LogP contribution in [0.2, 0.25) is 5.02 Å². The Hall–Kier alpha value is -3.36. The predicted molar refractivity (Wildman–Crippen MR) is 147 cm³/mol. The number of carbonyl (C=O) groups excluding carboxylic acids is 2. The number of likely N-dealkylation sites (N-methyl/N-ethyl adjacent to an activating group) is 1. The number of carbonyl (C=O) groups is 2. The zero-order valence-corrected chi connectivity index (χ0v) is 23.0. The van der Waals surface area contributed by atoms with Crippen LogP contribution in [0.4, 0.5) is 5.69 Å². The lowest BCUT2D eigenvalue weighted by molar-refractivity contribution is -0.140. The van der Waals surface area contributed by atoms with Crippen LogP contribution in [0.25, 0.3) is 0 Å². The molecule has 0 spiro atoms. The number of sulfonamides is 1. The van der Waals surface area contributed by atoms with Crippen molar-refractivity contribution in [2.24, 2.45) is 0 Å². The maximum Gasteiger partial charge on any atom is 0.264 e. The third kappa shape index (κ3) is 6.90. The summed E-state index contributed by atoms with van der Waals surface area (Å²) in [5, 5.41) is 2.95. The van der Waals surface area contributed by atoms with Crippen molar-refractivity contribution in [3.63, 3.8) is 0 Å². The Bertz CT molecular complexity index is 1340. The van der Waals surface area contributed by atoms with E-state index in [4.69, 9.17) is 11.6 Å². The molecule has 0 saturated carbocycles. The quantitative estimate of drug-likeness (QED) is 0.403. The van der Waals surface area contributed by atoms with E-state index in [0.717, 1.165) is 21.0 Å². The van der Waals surface area contributed by atoms with Crippen molar-refractivity contribution in [2.75, 3.05) is 17.9 Å². The highest BCUT2D eigenvalue weighted by molar-refractivity contribution is 7.92. The molecule has 0 saturated heterocycles. The summed E-state index contributed by atoms with van der Waals surface area (Å²) >= 11 is 6.19. The molecule has 1 atom stereocenters. The monoisotopic (exact) mass is 541 g/mol. The van der Waals surface area contributed by atoms with E-state index in [1.807, 2.05) is 45.0 Å². The fourth-order valence-corrected chi connectivity index (χ4v) is 5.56. The molecule has 3 aromatic rings. The number of nitrogens with zero attached hydrogens (tertiary/aromatic N) is 2. The van der Waals surface area contributed by atoms with E-state index < -0.39 is 28.5 Å². The van der Waals surface area contributed by atoms with E-state index >= 15 is 0 Å². The first kappa shape index (κ1) is 28.2. The van der Waals surface area contributed by atoms with Gasteiger partial charge >= 0.3 is 0 Å². The molecule has 0 fully saturated rings. The lowest BCUT2D eigenvalue weighted by Gasteiger charge is -2.33.